The molecule has 5 heteroatoms. The van der Waals surface area contributed by atoms with Crippen LogP contribution in [0.5, 0.6) is 0 Å². The van der Waals surface area contributed by atoms with Crippen molar-refractivity contribution in [2.24, 2.45) is 0 Å². The molecule has 0 fully saturated rings. The van der Waals surface area contributed by atoms with Gasteiger partial charge in [-0.1, -0.05) is 0 Å². The van der Waals surface area contributed by atoms with Gasteiger partial charge < -0.3 is 13.9 Å². The predicted octanol–water partition coefficient (Wildman–Crippen LogP) is -0.409. The molecule has 0 heterocycles. The highest BCUT2D eigenvalue weighted by Crippen LogP contribution is 1.50. The van der Waals surface area contributed by atoms with Gasteiger partial charge in [0.25, 0.3) is 0 Å². The van der Waals surface area contributed by atoms with E-state index in [0.29, 0.717) is 0 Å². The molecule has 0 aliphatic rings. The van der Waals surface area contributed by atoms with E-state index in [0.717, 1.165) is 0 Å². The average molecular weight is 138 g/mol. The fourth-order valence-corrected chi connectivity index (χ4v) is 0. The highest BCUT2D eigenvalue weighted by molar-refractivity contribution is 7.72. The summed E-state index contributed by atoms with van der Waals surface area (Å²) in [4.78, 5) is 9.44. The van der Waals surface area contributed by atoms with Gasteiger partial charge in [-0.3, -0.25) is 4.21 Å². The molecule has 4 nitrogen and oxygen atoms in total. The average Bonchev–Trinajstić information content (AvgIpc) is 1.25. The maximum absolute atomic E-state index is 9.44. The van der Waals surface area contributed by atoms with Crippen LogP contribution in [0.4, 0.5) is 0 Å². The van der Waals surface area contributed by atoms with Crippen LogP contribution in [0.2, 0.25) is 0 Å². The largest absolute Gasteiger partial charge is 0.784 e. The van der Waals surface area contributed by atoms with Crippen LogP contribution in [-0.2, 0) is 16.2 Å². The molecule has 0 rings (SSSR count). The van der Waals surface area contributed by atoms with Crippen LogP contribution in [0.25, 0.3) is 0 Å². The Kier molecular flexibility index (Phi) is 8.99. The Hall–Kier alpha value is -0.260. The fourth-order valence-electron chi connectivity index (χ4n) is 0. The molecule has 0 aromatic carbocycles. The number of rotatable bonds is 0. The first-order valence-corrected chi connectivity index (χ1v) is 2.70. The van der Waals surface area contributed by atoms with Crippen LogP contribution in [-0.4, -0.2) is 19.1 Å². The van der Waals surface area contributed by atoms with Gasteiger partial charge in [-0.2, -0.15) is 0 Å². The van der Waals surface area contributed by atoms with Crippen molar-refractivity contribution in [1.29, 1.82) is 0 Å². The summed E-state index contributed by atoms with van der Waals surface area (Å²) in [5, 5.41) is 0. The Bertz CT molecular complexity index is 69.3. The van der Waals surface area contributed by atoms with Crippen molar-refractivity contribution in [3.63, 3.8) is 0 Å². The van der Waals surface area contributed by atoms with Crippen LogP contribution < -0.4 is 0 Å². The van der Waals surface area contributed by atoms with E-state index in [-0.39, 0.29) is 5.78 Å². The second kappa shape index (κ2) is 6.74. The third-order valence-corrected chi connectivity index (χ3v) is 0. The van der Waals surface area contributed by atoms with Crippen molar-refractivity contribution in [2.45, 2.75) is 13.8 Å². The van der Waals surface area contributed by atoms with Crippen LogP contribution in [0.1, 0.15) is 13.8 Å². The van der Waals surface area contributed by atoms with Crippen molar-refractivity contribution in [1.82, 2.24) is 0 Å². The first-order chi connectivity index (χ1) is 3.46. The third kappa shape index (κ3) is 1910. The Morgan fingerprint density at radius 1 is 1.38 bits per heavy atom. The molecule has 8 heavy (non-hydrogen) atoms. The zero-order valence-electron chi connectivity index (χ0n) is 4.54. The summed E-state index contributed by atoms with van der Waals surface area (Å²) < 4.78 is 25.3. The van der Waals surface area contributed by atoms with E-state index in [9.17, 15) is 4.79 Å². The van der Waals surface area contributed by atoms with Crippen LogP contribution in [0.3, 0.4) is 0 Å². The van der Waals surface area contributed by atoms with Gasteiger partial charge in [-0.25, -0.2) is 0 Å². The molecular formula is C3H6O4S-2. The SMILES string of the molecule is CC(C)=O.O=S([O-])[O-]. The minimum Gasteiger partial charge on any atom is -0.784 e. The van der Waals surface area contributed by atoms with Gasteiger partial charge in [0.1, 0.15) is 5.78 Å². The number of carbonyl (C=O) groups is 1. The smallest absolute Gasteiger partial charge is 0.126 e. The maximum Gasteiger partial charge on any atom is 0.126 e. The normalized spacial score (nSPS) is 7.62. The van der Waals surface area contributed by atoms with E-state index in [1.807, 2.05) is 0 Å². The molecule has 0 saturated heterocycles. The molecule has 0 aromatic rings. The molecular weight excluding hydrogens is 132 g/mol. The fraction of sp³-hybridized carbons (Fsp3) is 0.667. The third-order valence-electron chi connectivity index (χ3n) is 0. The second-order valence-electron chi connectivity index (χ2n) is 1.11. The zero-order valence-corrected chi connectivity index (χ0v) is 5.36. The quantitative estimate of drug-likeness (QED) is 0.426. The summed E-state index contributed by atoms with van der Waals surface area (Å²) >= 11 is -3.11. The Labute approximate surface area is 50.0 Å². The molecule has 0 bridgehead atoms. The molecule has 0 atom stereocenters. The zero-order chi connectivity index (χ0) is 7.15. The Morgan fingerprint density at radius 2 is 1.38 bits per heavy atom. The standard InChI is InChI=1S/C3H6O.H2O3S/c1-3(2)4;1-4(2)3/h1-2H3;(H2,1,2,3)/p-2. The summed E-state index contributed by atoms with van der Waals surface area (Å²) in [6.07, 6.45) is 0. The molecule has 0 aromatic heterocycles. The number of carbonyl (C=O) groups excluding carboxylic acids is 1. The lowest BCUT2D eigenvalue weighted by atomic mass is 10.6. The summed E-state index contributed by atoms with van der Waals surface area (Å²) in [6, 6.07) is 0. The number of Topliss-reactive ketones (excluding diaryl/α,β-unsaturated/α-hetero) is 1. The van der Waals surface area contributed by atoms with Crippen LogP contribution in [0, 0.1) is 0 Å². The topological polar surface area (TPSA) is 80.3 Å². The van der Waals surface area contributed by atoms with Gasteiger partial charge in [-0.15, -0.1) is 11.4 Å². The summed E-state index contributed by atoms with van der Waals surface area (Å²) in [7, 11) is 0. The van der Waals surface area contributed by atoms with Crippen molar-refractivity contribution in [3.05, 3.63) is 0 Å². The predicted molar refractivity (Wildman–Crippen MR) is 26.1 cm³/mol. The molecule has 0 aliphatic heterocycles. The van der Waals surface area contributed by atoms with E-state index < -0.39 is 11.4 Å². The number of hydrogen-bond acceptors (Lipinski definition) is 4. The van der Waals surface area contributed by atoms with Gasteiger partial charge in [0.15, 0.2) is 0 Å². The van der Waals surface area contributed by atoms with E-state index in [1.54, 1.807) is 0 Å². The van der Waals surface area contributed by atoms with E-state index in [2.05, 4.69) is 0 Å². The second-order valence-corrected chi connectivity index (χ2v) is 1.52. The minimum atomic E-state index is -3.11. The molecule has 0 radical (unpaired) electrons. The van der Waals surface area contributed by atoms with Gasteiger partial charge in [0.05, 0.1) is 0 Å². The van der Waals surface area contributed by atoms with Gasteiger partial charge in [-0.05, 0) is 13.8 Å². The lowest BCUT2D eigenvalue weighted by Gasteiger charge is -2.03. The van der Waals surface area contributed by atoms with E-state index >= 15 is 0 Å². The maximum atomic E-state index is 9.44. The van der Waals surface area contributed by atoms with Gasteiger partial charge in [0.2, 0.25) is 0 Å². The molecule has 0 amide bonds. The van der Waals surface area contributed by atoms with Gasteiger partial charge in [0, 0.05) is 0 Å². The highest BCUT2D eigenvalue weighted by atomic mass is 32.2. The van der Waals surface area contributed by atoms with Crippen molar-refractivity contribution in [3.8, 4) is 0 Å². The monoisotopic (exact) mass is 138 g/mol. The molecule has 0 N–H and O–H groups in total. The minimum absolute atomic E-state index is 0.167. The van der Waals surface area contributed by atoms with Gasteiger partial charge >= 0.3 is 0 Å². The van der Waals surface area contributed by atoms with Crippen molar-refractivity contribution >= 4 is 17.1 Å². The highest BCUT2D eigenvalue weighted by Gasteiger charge is 1.62. The molecule has 0 aliphatic carbocycles. The van der Waals surface area contributed by atoms with E-state index in [1.165, 1.54) is 13.8 Å². The first kappa shape index (κ1) is 10.7. The Morgan fingerprint density at radius 3 is 1.38 bits per heavy atom. The summed E-state index contributed by atoms with van der Waals surface area (Å²) in [5.74, 6) is 0.167. The number of hydrogen-bond donors (Lipinski definition) is 0. The summed E-state index contributed by atoms with van der Waals surface area (Å²) in [6.45, 7) is 3.06. The van der Waals surface area contributed by atoms with Crippen LogP contribution >= 0.6 is 0 Å². The van der Waals surface area contributed by atoms with Crippen molar-refractivity contribution in [2.75, 3.05) is 0 Å². The molecule has 0 spiro atoms. The Balaban J connectivity index is 0. The van der Waals surface area contributed by atoms with Crippen molar-refractivity contribution < 1.29 is 18.1 Å². The van der Waals surface area contributed by atoms with Crippen LogP contribution in [0.15, 0.2) is 0 Å². The molecule has 0 unspecified atom stereocenters. The number of ketones is 1. The van der Waals surface area contributed by atoms with E-state index in [4.69, 9.17) is 13.3 Å². The lowest BCUT2D eigenvalue weighted by Crippen LogP contribution is -1.76. The summed E-state index contributed by atoms with van der Waals surface area (Å²) in [5.41, 5.74) is 0. The molecule has 0 saturated carbocycles. The molecule has 50 valence electrons. The lowest BCUT2D eigenvalue weighted by molar-refractivity contribution is -0.114. The first-order valence-electron chi connectivity index (χ1n) is 1.70.